The molecule has 222 valence electrons. The zero-order valence-electron chi connectivity index (χ0n) is 24.1. The van der Waals surface area contributed by atoms with Crippen LogP contribution in [-0.2, 0) is 16.6 Å². The van der Waals surface area contributed by atoms with Gasteiger partial charge in [-0.05, 0) is 74.9 Å². The van der Waals surface area contributed by atoms with Gasteiger partial charge in [0.15, 0.2) is 0 Å². The molecule has 0 spiro atoms. The summed E-state index contributed by atoms with van der Waals surface area (Å²) in [5.74, 6) is 0.967. The van der Waals surface area contributed by atoms with Gasteiger partial charge in [-0.15, -0.1) is 24.8 Å². The molecule has 0 radical (unpaired) electrons. The van der Waals surface area contributed by atoms with Crippen LogP contribution in [0.1, 0.15) is 50.2 Å². The topological polar surface area (TPSA) is 59.1 Å². The Morgan fingerprint density at radius 2 is 1.75 bits per heavy atom. The third-order valence-corrected chi connectivity index (χ3v) is 9.53. The highest BCUT2D eigenvalue weighted by Crippen LogP contribution is 2.50. The summed E-state index contributed by atoms with van der Waals surface area (Å²) in [5.41, 5.74) is 2.61. The number of halogens is 2. The van der Waals surface area contributed by atoms with Crippen LogP contribution >= 0.6 is 24.8 Å². The van der Waals surface area contributed by atoms with E-state index in [0.29, 0.717) is 24.1 Å². The molecule has 6 nitrogen and oxygen atoms in total. The Kier molecular flexibility index (Phi) is 12.2. The van der Waals surface area contributed by atoms with E-state index in [9.17, 15) is 9.90 Å². The molecular weight excluding hydrogens is 543 g/mol. The predicted molar refractivity (Wildman–Crippen MR) is 168 cm³/mol. The highest BCUT2D eigenvalue weighted by Gasteiger charge is 2.51. The smallest absolute Gasteiger partial charge is 0.221 e. The number of nitrogens with one attached hydrogen (secondary N) is 1. The molecule has 3 fully saturated rings. The van der Waals surface area contributed by atoms with E-state index < -0.39 is 0 Å². The number of aromatic hydroxyl groups is 1. The second-order valence-corrected chi connectivity index (χ2v) is 12.1. The summed E-state index contributed by atoms with van der Waals surface area (Å²) in [6.45, 7) is 9.63. The fraction of sp³-hybridized carbons (Fsp3) is 0.594. The molecule has 5 rings (SSSR count). The molecule has 2 aromatic carbocycles. The van der Waals surface area contributed by atoms with Crippen LogP contribution in [0.3, 0.4) is 0 Å². The van der Waals surface area contributed by atoms with E-state index in [1.807, 2.05) is 12.1 Å². The molecule has 1 saturated carbocycles. The fourth-order valence-electron chi connectivity index (χ4n) is 7.28. The molecule has 40 heavy (non-hydrogen) atoms. The van der Waals surface area contributed by atoms with Gasteiger partial charge in [-0.3, -0.25) is 9.69 Å². The fourth-order valence-corrected chi connectivity index (χ4v) is 7.28. The van der Waals surface area contributed by atoms with Gasteiger partial charge >= 0.3 is 0 Å². The maximum absolute atomic E-state index is 13.1. The van der Waals surface area contributed by atoms with Crippen molar-refractivity contribution in [1.29, 1.82) is 0 Å². The molecule has 0 unspecified atom stereocenters. The number of benzene rings is 2. The first-order chi connectivity index (χ1) is 18.4. The van der Waals surface area contributed by atoms with Gasteiger partial charge in [0.2, 0.25) is 5.91 Å². The van der Waals surface area contributed by atoms with Crippen LogP contribution in [0.5, 0.6) is 5.75 Å². The number of hydrogen-bond donors (Lipinski definition) is 2. The third-order valence-electron chi connectivity index (χ3n) is 9.53. The summed E-state index contributed by atoms with van der Waals surface area (Å²) in [6.07, 6.45) is 5.87. The molecule has 2 N–H and O–H groups in total. The number of amides is 1. The van der Waals surface area contributed by atoms with Gasteiger partial charge in [-0.1, -0.05) is 49.4 Å². The highest BCUT2D eigenvalue weighted by molar-refractivity contribution is 5.85. The lowest BCUT2D eigenvalue weighted by Gasteiger charge is -2.56. The van der Waals surface area contributed by atoms with E-state index in [1.165, 1.54) is 11.1 Å². The van der Waals surface area contributed by atoms with Crippen LogP contribution in [-0.4, -0.2) is 90.7 Å². The maximum atomic E-state index is 13.1. The second-order valence-electron chi connectivity index (χ2n) is 12.1. The lowest BCUT2D eigenvalue weighted by Crippen LogP contribution is -2.61. The van der Waals surface area contributed by atoms with Crippen molar-refractivity contribution in [2.24, 2.45) is 5.92 Å². The van der Waals surface area contributed by atoms with Crippen molar-refractivity contribution >= 4 is 30.7 Å². The summed E-state index contributed by atoms with van der Waals surface area (Å²) < 4.78 is 0. The van der Waals surface area contributed by atoms with E-state index >= 15 is 0 Å². The summed E-state index contributed by atoms with van der Waals surface area (Å²) in [7, 11) is 2.16. The van der Waals surface area contributed by atoms with Crippen molar-refractivity contribution in [2.75, 3.05) is 52.9 Å². The molecule has 3 aliphatic rings. The Bertz CT molecular complexity index is 1070. The van der Waals surface area contributed by atoms with Gasteiger partial charge in [-0.25, -0.2) is 0 Å². The molecule has 2 heterocycles. The first kappa shape index (κ1) is 32.7. The number of aryl methyl sites for hydroxylation is 1. The van der Waals surface area contributed by atoms with Crippen molar-refractivity contribution in [1.82, 2.24) is 20.0 Å². The minimum Gasteiger partial charge on any atom is -0.508 e. The summed E-state index contributed by atoms with van der Waals surface area (Å²) in [5, 5.41) is 13.8. The molecule has 8 heteroatoms. The number of rotatable bonds is 9. The van der Waals surface area contributed by atoms with E-state index in [2.05, 4.69) is 70.4 Å². The van der Waals surface area contributed by atoms with Crippen molar-refractivity contribution in [3.05, 3.63) is 65.7 Å². The number of carbonyl (C=O) groups excluding carboxylic acids is 1. The number of likely N-dealkylation sites (tertiary alicyclic amines) is 1. The number of piperidine rings is 1. The molecule has 1 aliphatic carbocycles. The molecule has 2 bridgehead atoms. The average Bonchev–Trinajstić information content (AvgIpc) is 2.92. The maximum Gasteiger partial charge on any atom is 0.221 e. The summed E-state index contributed by atoms with van der Waals surface area (Å²) >= 11 is 0. The van der Waals surface area contributed by atoms with Crippen LogP contribution < -0.4 is 5.32 Å². The number of carbonyl (C=O) groups is 1. The first-order valence-corrected chi connectivity index (χ1v) is 14.7. The third kappa shape index (κ3) is 7.92. The minimum absolute atomic E-state index is 0. The van der Waals surface area contributed by atoms with E-state index in [1.54, 1.807) is 6.07 Å². The molecule has 2 aliphatic heterocycles. The Balaban J connectivity index is 0.00000220. The van der Waals surface area contributed by atoms with E-state index in [4.69, 9.17) is 0 Å². The standard InChI is InChI=1S/C32H46N4O2.2ClH/c1-25-24-36(14-7-10-26-8-4-3-5-9-26)29-21-28(22-32(25,23-29)27-11-6-12-30(37)20-27)33-31(38)13-15-35-18-16-34(2)17-19-35;;/h3-6,8-9,11-12,20,25,28-29,37H,7,10,13-19,21-24H2,1-2H3,(H,33,38);2*1H/t25-,28+,29+,32+;;/m1../s1. The number of phenols is 1. The quantitative estimate of drug-likeness (QED) is 0.442. The Hall–Kier alpha value is -1.83. The molecule has 2 saturated heterocycles. The normalized spacial score (nSPS) is 27.3. The molecule has 0 aromatic heterocycles. The highest BCUT2D eigenvalue weighted by atomic mass is 35.5. The van der Waals surface area contributed by atoms with Crippen LogP contribution in [0.4, 0.5) is 0 Å². The van der Waals surface area contributed by atoms with E-state index in [-0.39, 0.29) is 42.2 Å². The van der Waals surface area contributed by atoms with Crippen LogP contribution in [0.15, 0.2) is 54.6 Å². The van der Waals surface area contributed by atoms with Gasteiger partial charge < -0.3 is 20.2 Å². The molecule has 1 amide bonds. The zero-order valence-corrected chi connectivity index (χ0v) is 25.8. The molecule has 4 atom stereocenters. The number of hydrogen-bond acceptors (Lipinski definition) is 5. The summed E-state index contributed by atoms with van der Waals surface area (Å²) in [4.78, 5) is 20.6. The van der Waals surface area contributed by atoms with Gasteiger partial charge in [0, 0.05) is 63.2 Å². The zero-order chi connectivity index (χ0) is 26.5. The predicted octanol–water partition coefficient (Wildman–Crippen LogP) is 4.73. The first-order valence-electron chi connectivity index (χ1n) is 14.7. The largest absolute Gasteiger partial charge is 0.508 e. The SMILES string of the molecule is C[C@@H]1CN(CCCc2ccccc2)[C@H]2C[C@H](NC(=O)CCN3CCN(C)CC3)C[C@]1(c1cccc(O)c1)C2.Cl.Cl. The molecular formula is C32H48Cl2N4O2. The van der Waals surface area contributed by atoms with Gasteiger partial charge in [0.05, 0.1) is 0 Å². The van der Waals surface area contributed by atoms with Crippen LogP contribution in [0.2, 0.25) is 0 Å². The lowest BCUT2D eigenvalue weighted by atomic mass is 9.57. The number of likely N-dealkylation sites (N-methyl/N-ethyl adjacent to an activating group) is 1. The van der Waals surface area contributed by atoms with Crippen molar-refractivity contribution in [3.63, 3.8) is 0 Å². The van der Waals surface area contributed by atoms with Crippen LogP contribution in [0.25, 0.3) is 0 Å². The number of fused-ring (bicyclic) bond motifs is 2. The average molecular weight is 592 g/mol. The van der Waals surface area contributed by atoms with Gasteiger partial charge in [0.1, 0.15) is 5.75 Å². The Morgan fingerprint density at radius 3 is 2.48 bits per heavy atom. The van der Waals surface area contributed by atoms with Crippen molar-refractivity contribution < 1.29 is 9.90 Å². The Labute approximate surface area is 253 Å². The summed E-state index contributed by atoms with van der Waals surface area (Å²) in [6, 6.07) is 19.3. The second kappa shape index (κ2) is 14.9. The number of nitrogens with zero attached hydrogens (tertiary/aromatic N) is 3. The van der Waals surface area contributed by atoms with Gasteiger partial charge in [-0.2, -0.15) is 0 Å². The van der Waals surface area contributed by atoms with Gasteiger partial charge in [0.25, 0.3) is 0 Å². The van der Waals surface area contributed by atoms with Crippen molar-refractivity contribution in [3.8, 4) is 5.75 Å². The number of piperazine rings is 1. The molecule has 2 aromatic rings. The monoisotopic (exact) mass is 590 g/mol. The number of phenolic OH excluding ortho intramolecular Hbond substituents is 1. The van der Waals surface area contributed by atoms with Crippen molar-refractivity contribution in [2.45, 2.75) is 62.9 Å². The minimum atomic E-state index is -0.0208. The lowest BCUT2D eigenvalue weighted by molar-refractivity contribution is -0.123. The van der Waals surface area contributed by atoms with Crippen LogP contribution in [0, 0.1) is 5.92 Å². The van der Waals surface area contributed by atoms with E-state index in [0.717, 1.165) is 77.9 Å². The Morgan fingerprint density at radius 1 is 1.00 bits per heavy atom.